The van der Waals surface area contributed by atoms with E-state index in [1.165, 1.54) is 29.3 Å². The van der Waals surface area contributed by atoms with Gasteiger partial charge in [-0.2, -0.15) is 0 Å². The van der Waals surface area contributed by atoms with Crippen molar-refractivity contribution in [2.75, 3.05) is 0 Å². The van der Waals surface area contributed by atoms with Crippen molar-refractivity contribution in [2.24, 2.45) is 0 Å². The summed E-state index contributed by atoms with van der Waals surface area (Å²) in [6.07, 6.45) is 0.996. The SMILES string of the molecule is Cc1ccc(CCC(=O)c2cc(F)cc(Cl)c2)cc1C. The van der Waals surface area contributed by atoms with Crippen LogP contribution >= 0.6 is 11.6 Å². The summed E-state index contributed by atoms with van der Waals surface area (Å²) in [4.78, 5) is 12.0. The summed E-state index contributed by atoms with van der Waals surface area (Å²) in [5, 5.41) is 0.250. The molecular weight excluding hydrogens is 275 g/mol. The van der Waals surface area contributed by atoms with Crippen LogP contribution in [-0.2, 0) is 6.42 Å². The van der Waals surface area contributed by atoms with Crippen LogP contribution in [0.3, 0.4) is 0 Å². The number of hydrogen-bond donors (Lipinski definition) is 0. The van der Waals surface area contributed by atoms with Crippen molar-refractivity contribution in [2.45, 2.75) is 26.7 Å². The van der Waals surface area contributed by atoms with E-state index in [9.17, 15) is 9.18 Å². The normalized spacial score (nSPS) is 10.6. The average Bonchev–Trinajstić information content (AvgIpc) is 2.38. The summed E-state index contributed by atoms with van der Waals surface area (Å²) in [6, 6.07) is 10.1. The Balaban J connectivity index is 2.06. The predicted molar refractivity (Wildman–Crippen MR) is 80.0 cm³/mol. The number of ketones is 1. The van der Waals surface area contributed by atoms with Crippen molar-refractivity contribution in [3.05, 3.63) is 69.5 Å². The fraction of sp³-hybridized carbons (Fsp3) is 0.235. The van der Waals surface area contributed by atoms with Gasteiger partial charge in [0.2, 0.25) is 0 Å². The number of carbonyl (C=O) groups excluding carboxylic acids is 1. The molecule has 0 bridgehead atoms. The fourth-order valence-electron chi connectivity index (χ4n) is 2.08. The van der Waals surface area contributed by atoms with Gasteiger partial charge < -0.3 is 0 Å². The van der Waals surface area contributed by atoms with Gasteiger partial charge >= 0.3 is 0 Å². The van der Waals surface area contributed by atoms with Gasteiger partial charge in [0.15, 0.2) is 5.78 Å². The molecule has 2 rings (SSSR count). The van der Waals surface area contributed by atoms with E-state index in [0.29, 0.717) is 18.4 Å². The lowest BCUT2D eigenvalue weighted by atomic mass is 10.00. The smallest absolute Gasteiger partial charge is 0.163 e. The largest absolute Gasteiger partial charge is 0.294 e. The lowest BCUT2D eigenvalue weighted by Crippen LogP contribution is -2.02. The Hall–Kier alpha value is -1.67. The second-order valence-corrected chi connectivity index (χ2v) is 5.44. The monoisotopic (exact) mass is 290 g/mol. The molecule has 0 unspecified atom stereocenters. The minimum atomic E-state index is -0.480. The number of Topliss-reactive ketones (excluding diaryl/α,β-unsaturated/α-hetero) is 1. The Labute approximate surface area is 123 Å². The third-order valence-electron chi connectivity index (χ3n) is 3.40. The van der Waals surface area contributed by atoms with Gasteiger partial charge in [-0.1, -0.05) is 29.8 Å². The Kier molecular flexibility index (Phi) is 4.56. The highest BCUT2D eigenvalue weighted by atomic mass is 35.5. The van der Waals surface area contributed by atoms with Gasteiger partial charge in [0, 0.05) is 17.0 Å². The van der Waals surface area contributed by atoms with E-state index >= 15 is 0 Å². The van der Waals surface area contributed by atoms with Gasteiger partial charge in [-0.25, -0.2) is 4.39 Å². The van der Waals surface area contributed by atoms with Gasteiger partial charge in [0.25, 0.3) is 0 Å². The Bertz CT molecular complexity index is 629. The van der Waals surface area contributed by atoms with Crippen LogP contribution in [0.4, 0.5) is 4.39 Å². The van der Waals surface area contributed by atoms with Crippen molar-refractivity contribution in [1.82, 2.24) is 0 Å². The number of carbonyl (C=O) groups is 1. The molecular formula is C17H16ClFO. The van der Waals surface area contributed by atoms with Gasteiger partial charge in [0.1, 0.15) is 5.82 Å². The summed E-state index contributed by atoms with van der Waals surface area (Å²) < 4.78 is 13.2. The number of benzene rings is 2. The first kappa shape index (κ1) is 14.7. The van der Waals surface area contributed by atoms with E-state index in [0.717, 1.165) is 5.56 Å². The first-order valence-corrected chi connectivity index (χ1v) is 6.89. The Morgan fingerprint density at radius 3 is 2.50 bits per heavy atom. The van der Waals surface area contributed by atoms with Crippen molar-refractivity contribution < 1.29 is 9.18 Å². The van der Waals surface area contributed by atoms with E-state index < -0.39 is 5.82 Å². The summed E-state index contributed by atoms with van der Waals surface area (Å²) in [7, 11) is 0. The van der Waals surface area contributed by atoms with Gasteiger partial charge in [-0.3, -0.25) is 4.79 Å². The van der Waals surface area contributed by atoms with Crippen LogP contribution < -0.4 is 0 Å². The molecule has 0 spiro atoms. The van der Waals surface area contributed by atoms with Crippen molar-refractivity contribution >= 4 is 17.4 Å². The third kappa shape index (κ3) is 3.67. The maximum absolute atomic E-state index is 13.2. The molecule has 0 atom stereocenters. The minimum absolute atomic E-state index is 0.0929. The number of rotatable bonds is 4. The quantitative estimate of drug-likeness (QED) is 0.731. The first-order valence-electron chi connectivity index (χ1n) is 6.51. The van der Waals surface area contributed by atoms with Crippen molar-refractivity contribution in [3.63, 3.8) is 0 Å². The topological polar surface area (TPSA) is 17.1 Å². The van der Waals surface area contributed by atoms with E-state index in [4.69, 9.17) is 11.6 Å². The second kappa shape index (κ2) is 6.19. The molecule has 0 aliphatic rings. The Morgan fingerprint density at radius 2 is 1.85 bits per heavy atom. The summed E-state index contributed by atoms with van der Waals surface area (Å²) in [5.41, 5.74) is 3.89. The molecule has 104 valence electrons. The predicted octanol–water partition coefficient (Wildman–Crippen LogP) is 4.91. The molecule has 2 aromatic carbocycles. The molecule has 0 N–H and O–H groups in total. The molecule has 0 saturated carbocycles. The molecule has 0 aliphatic heterocycles. The zero-order valence-corrected chi connectivity index (χ0v) is 12.3. The van der Waals surface area contributed by atoms with E-state index in [1.807, 2.05) is 19.1 Å². The molecule has 20 heavy (non-hydrogen) atoms. The van der Waals surface area contributed by atoms with Gasteiger partial charge in [-0.15, -0.1) is 0 Å². The lowest BCUT2D eigenvalue weighted by molar-refractivity contribution is 0.0982. The van der Waals surface area contributed by atoms with Crippen molar-refractivity contribution in [1.29, 1.82) is 0 Å². The van der Waals surface area contributed by atoms with Crippen LogP contribution in [0.25, 0.3) is 0 Å². The van der Waals surface area contributed by atoms with E-state index in [2.05, 4.69) is 13.0 Å². The van der Waals surface area contributed by atoms with E-state index in [1.54, 1.807) is 0 Å². The number of aryl methyl sites for hydroxylation is 3. The zero-order chi connectivity index (χ0) is 14.7. The molecule has 0 aromatic heterocycles. The molecule has 0 fully saturated rings. The van der Waals surface area contributed by atoms with Crippen LogP contribution in [0.2, 0.25) is 5.02 Å². The van der Waals surface area contributed by atoms with Gasteiger partial charge in [-0.05, 0) is 55.2 Å². The first-order chi connectivity index (χ1) is 9.45. The van der Waals surface area contributed by atoms with Crippen LogP contribution in [0.1, 0.15) is 33.5 Å². The molecule has 1 nitrogen and oxygen atoms in total. The lowest BCUT2D eigenvalue weighted by Gasteiger charge is -2.06. The number of hydrogen-bond acceptors (Lipinski definition) is 1. The molecule has 2 aromatic rings. The molecule has 0 radical (unpaired) electrons. The second-order valence-electron chi connectivity index (χ2n) is 5.00. The maximum atomic E-state index is 13.2. The van der Waals surface area contributed by atoms with Crippen LogP contribution in [0, 0.1) is 19.7 Å². The van der Waals surface area contributed by atoms with Gasteiger partial charge in [0.05, 0.1) is 0 Å². The van der Waals surface area contributed by atoms with Crippen molar-refractivity contribution in [3.8, 4) is 0 Å². The van der Waals surface area contributed by atoms with Crippen LogP contribution in [0.15, 0.2) is 36.4 Å². The molecule has 3 heteroatoms. The Morgan fingerprint density at radius 1 is 1.10 bits per heavy atom. The third-order valence-corrected chi connectivity index (χ3v) is 3.61. The summed E-state index contributed by atoms with van der Waals surface area (Å²) in [5.74, 6) is -0.573. The minimum Gasteiger partial charge on any atom is -0.294 e. The zero-order valence-electron chi connectivity index (χ0n) is 11.5. The van der Waals surface area contributed by atoms with Crippen LogP contribution in [0.5, 0.6) is 0 Å². The highest BCUT2D eigenvalue weighted by molar-refractivity contribution is 6.31. The summed E-state index contributed by atoms with van der Waals surface area (Å²) in [6.45, 7) is 4.10. The fourth-order valence-corrected chi connectivity index (χ4v) is 2.30. The summed E-state index contributed by atoms with van der Waals surface area (Å²) >= 11 is 5.76. The molecule has 0 aliphatic carbocycles. The maximum Gasteiger partial charge on any atom is 0.163 e. The van der Waals surface area contributed by atoms with Crippen LogP contribution in [-0.4, -0.2) is 5.78 Å². The highest BCUT2D eigenvalue weighted by Crippen LogP contribution is 2.17. The molecule has 0 amide bonds. The molecule has 0 saturated heterocycles. The molecule has 0 heterocycles. The number of halogens is 2. The highest BCUT2D eigenvalue weighted by Gasteiger charge is 2.09. The van der Waals surface area contributed by atoms with E-state index in [-0.39, 0.29) is 10.8 Å². The average molecular weight is 291 g/mol. The standard InChI is InChI=1S/C17H16ClFO/c1-11-3-4-13(7-12(11)2)5-6-17(20)14-8-15(18)10-16(19)9-14/h3-4,7-10H,5-6H2,1-2H3.